The van der Waals surface area contributed by atoms with E-state index < -0.39 is 5.82 Å². The molecule has 2 amide bonds. The topological polar surface area (TPSA) is 88.9 Å². The van der Waals surface area contributed by atoms with E-state index >= 15 is 0 Å². The van der Waals surface area contributed by atoms with Crippen molar-refractivity contribution in [2.45, 2.75) is 6.42 Å². The molecule has 27 heavy (non-hydrogen) atoms. The van der Waals surface area contributed by atoms with Gasteiger partial charge in [0.15, 0.2) is 0 Å². The SMILES string of the molecule is O=C(Cc1ccc(Br)c(F)c1)NCC(=O)Nc1ccc(-n2cncn2)cc1. The van der Waals surface area contributed by atoms with Crippen LogP contribution in [0.15, 0.2) is 59.6 Å². The average Bonchev–Trinajstić information content (AvgIpc) is 3.18. The van der Waals surface area contributed by atoms with Crippen molar-refractivity contribution in [3.05, 3.63) is 71.0 Å². The van der Waals surface area contributed by atoms with E-state index in [4.69, 9.17) is 0 Å². The van der Waals surface area contributed by atoms with Crippen LogP contribution >= 0.6 is 15.9 Å². The molecule has 0 bridgehead atoms. The van der Waals surface area contributed by atoms with E-state index in [1.165, 1.54) is 18.5 Å². The first-order valence-corrected chi connectivity index (χ1v) is 8.76. The highest BCUT2D eigenvalue weighted by Gasteiger charge is 2.09. The fraction of sp³-hybridized carbons (Fsp3) is 0.111. The van der Waals surface area contributed by atoms with Gasteiger partial charge in [0.25, 0.3) is 0 Å². The second-order valence-corrected chi connectivity index (χ2v) is 6.49. The van der Waals surface area contributed by atoms with Gasteiger partial charge in [-0.25, -0.2) is 14.1 Å². The van der Waals surface area contributed by atoms with Crippen LogP contribution < -0.4 is 10.6 Å². The number of amides is 2. The summed E-state index contributed by atoms with van der Waals surface area (Å²) in [4.78, 5) is 27.7. The molecule has 0 saturated carbocycles. The Bertz CT molecular complexity index is 945. The minimum absolute atomic E-state index is 0.00984. The number of anilines is 1. The Kier molecular flexibility index (Phi) is 5.92. The van der Waals surface area contributed by atoms with Crippen molar-refractivity contribution in [2.24, 2.45) is 0 Å². The highest BCUT2D eigenvalue weighted by Crippen LogP contribution is 2.16. The van der Waals surface area contributed by atoms with Gasteiger partial charge in [-0.3, -0.25) is 9.59 Å². The lowest BCUT2D eigenvalue weighted by molar-refractivity contribution is -0.123. The van der Waals surface area contributed by atoms with Crippen LogP contribution in [0.3, 0.4) is 0 Å². The fourth-order valence-corrected chi connectivity index (χ4v) is 2.57. The molecular weight excluding hydrogens is 417 g/mol. The predicted octanol–water partition coefficient (Wildman–Crippen LogP) is 2.47. The van der Waals surface area contributed by atoms with Crippen LogP contribution in [0, 0.1) is 5.82 Å². The lowest BCUT2D eigenvalue weighted by atomic mass is 10.1. The molecule has 7 nitrogen and oxygen atoms in total. The molecule has 3 aromatic rings. The molecule has 0 fully saturated rings. The molecule has 3 rings (SSSR count). The molecule has 0 saturated heterocycles. The Labute approximate surface area is 162 Å². The maximum Gasteiger partial charge on any atom is 0.243 e. The predicted molar refractivity (Wildman–Crippen MR) is 101 cm³/mol. The van der Waals surface area contributed by atoms with Crippen LogP contribution in [0.25, 0.3) is 5.69 Å². The largest absolute Gasteiger partial charge is 0.347 e. The van der Waals surface area contributed by atoms with Crippen molar-refractivity contribution in [2.75, 3.05) is 11.9 Å². The summed E-state index contributed by atoms with van der Waals surface area (Å²) < 4.78 is 15.4. The number of aromatic nitrogens is 3. The van der Waals surface area contributed by atoms with E-state index in [1.54, 1.807) is 41.3 Å². The molecule has 0 aliphatic rings. The molecule has 9 heteroatoms. The van der Waals surface area contributed by atoms with E-state index in [0.717, 1.165) is 5.69 Å². The Balaban J connectivity index is 1.47. The molecule has 2 N–H and O–H groups in total. The van der Waals surface area contributed by atoms with E-state index in [-0.39, 0.29) is 24.8 Å². The third-order valence-electron chi connectivity index (χ3n) is 3.63. The first-order chi connectivity index (χ1) is 13.0. The number of carbonyl (C=O) groups is 2. The maximum atomic E-state index is 13.5. The second kappa shape index (κ2) is 8.54. The number of benzene rings is 2. The van der Waals surface area contributed by atoms with E-state index in [0.29, 0.717) is 15.7 Å². The minimum atomic E-state index is -0.438. The third-order valence-corrected chi connectivity index (χ3v) is 4.27. The van der Waals surface area contributed by atoms with Crippen molar-refractivity contribution in [3.63, 3.8) is 0 Å². The summed E-state index contributed by atoms with van der Waals surface area (Å²) in [6.07, 6.45) is 2.99. The van der Waals surface area contributed by atoms with Crippen molar-refractivity contribution >= 4 is 33.4 Å². The molecule has 1 aromatic heterocycles. The Morgan fingerprint density at radius 3 is 2.56 bits per heavy atom. The number of hydrogen-bond donors (Lipinski definition) is 2. The summed E-state index contributed by atoms with van der Waals surface area (Å²) in [5, 5.41) is 9.21. The fourth-order valence-electron chi connectivity index (χ4n) is 2.32. The van der Waals surface area contributed by atoms with Crippen molar-refractivity contribution in [3.8, 4) is 5.69 Å². The van der Waals surface area contributed by atoms with Crippen molar-refractivity contribution < 1.29 is 14.0 Å². The summed E-state index contributed by atoms with van der Waals surface area (Å²) >= 11 is 3.06. The summed E-state index contributed by atoms with van der Waals surface area (Å²) in [6, 6.07) is 11.5. The third kappa shape index (κ3) is 5.20. The number of carbonyl (C=O) groups excluding carboxylic acids is 2. The zero-order chi connectivity index (χ0) is 19.2. The Hall–Kier alpha value is -3.07. The minimum Gasteiger partial charge on any atom is -0.347 e. The summed E-state index contributed by atoms with van der Waals surface area (Å²) in [5.74, 6) is -1.17. The molecule has 0 atom stereocenters. The van der Waals surface area contributed by atoms with E-state index in [1.807, 2.05) is 0 Å². The van der Waals surface area contributed by atoms with Gasteiger partial charge in [0.05, 0.1) is 23.1 Å². The monoisotopic (exact) mass is 431 g/mol. The van der Waals surface area contributed by atoms with Gasteiger partial charge in [-0.05, 0) is 57.9 Å². The zero-order valence-electron chi connectivity index (χ0n) is 14.0. The van der Waals surface area contributed by atoms with Crippen molar-refractivity contribution in [1.29, 1.82) is 0 Å². The Morgan fingerprint density at radius 1 is 1.11 bits per heavy atom. The van der Waals surface area contributed by atoms with Crippen LogP contribution in [-0.4, -0.2) is 33.1 Å². The standard InChI is InChI=1S/C18H15BrFN5O2/c19-15-6-1-12(7-16(15)20)8-17(26)22-9-18(27)24-13-2-4-14(5-3-13)25-11-21-10-23-25/h1-7,10-11H,8-9H2,(H,22,26)(H,24,27). The zero-order valence-corrected chi connectivity index (χ0v) is 15.6. The van der Waals surface area contributed by atoms with Crippen LogP contribution in [-0.2, 0) is 16.0 Å². The lowest BCUT2D eigenvalue weighted by Gasteiger charge is -2.08. The highest BCUT2D eigenvalue weighted by atomic mass is 79.9. The van der Waals surface area contributed by atoms with E-state index in [9.17, 15) is 14.0 Å². The molecule has 0 radical (unpaired) electrons. The van der Waals surface area contributed by atoms with Crippen molar-refractivity contribution in [1.82, 2.24) is 20.1 Å². The van der Waals surface area contributed by atoms with Gasteiger partial charge >= 0.3 is 0 Å². The molecular formula is C18H15BrFN5O2. The number of rotatable bonds is 6. The summed E-state index contributed by atoms with van der Waals surface area (Å²) in [5.41, 5.74) is 1.92. The number of hydrogen-bond acceptors (Lipinski definition) is 4. The molecule has 1 heterocycles. The van der Waals surface area contributed by atoms with Crippen LogP contribution in [0.2, 0.25) is 0 Å². The average molecular weight is 432 g/mol. The number of nitrogens with zero attached hydrogens (tertiary/aromatic N) is 3. The summed E-state index contributed by atoms with van der Waals surface area (Å²) in [6.45, 7) is -0.178. The van der Waals surface area contributed by atoms with Crippen LogP contribution in [0.4, 0.5) is 10.1 Å². The van der Waals surface area contributed by atoms with Gasteiger partial charge in [0.2, 0.25) is 11.8 Å². The lowest BCUT2D eigenvalue weighted by Crippen LogP contribution is -2.33. The molecule has 0 spiro atoms. The number of nitrogens with one attached hydrogen (secondary N) is 2. The van der Waals surface area contributed by atoms with E-state index in [2.05, 4.69) is 36.6 Å². The van der Waals surface area contributed by atoms with Gasteiger partial charge in [-0.2, -0.15) is 5.10 Å². The van der Waals surface area contributed by atoms with Crippen LogP contribution in [0.1, 0.15) is 5.56 Å². The Morgan fingerprint density at radius 2 is 1.89 bits per heavy atom. The maximum absolute atomic E-state index is 13.5. The summed E-state index contributed by atoms with van der Waals surface area (Å²) in [7, 11) is 0. The molecule has 2 aromatic carbocycles. The first kappa shape index (κ1) is 18.7. The van der Waals surface area contributed by atoms with Crippen LogP contribution in [0.5, 0.6) is 0 Å². The smallest absolute Gasteiger partial charge is 0.243 e. The number of halogens is 2. The molecule has 138 valence electrons. The van der Waals surface area contributed by atoms with Gasteiger partial charge in [0, 0.05) is 5.69 Å². The second-order valence-electron chi connectivity index (χ2n) is 5.64. The van der Waals surface area contributed by atoms with Gasteiger partial charge in [-0.15, -0.1) is 0 Å². The first-order valence-electron chi connectivity index (χ1n) is 7.97. The van der Waals surface area contributed by atoms with Gasteiger partial charge in [-0.1, -0.05) is 6.07 Å². The molecule has 0 aliphatic carbocycles. The molecule has 0 unspecified atom stereocenters. The van der Waals surface area contributed by atoms with Gasteiger partial charge in [0.1, 0.15) is 18.5 Å². The van der Waals surface area contributed by atoms with Gasteiger partial charge < -0.3 is 10.6 Å². The quantitative estimate of drug-likeness (QED) is 0.627. The molecule has 0 aliphatic heterocycles. The highest BCUT2D eigenvalue weighted by molar-refractivity contribution is 9.10. The normalized spacial score (nSPS) is 10.4.